The maximum absolute atomic E-state index is 13.3. The number of rotatable bonds is 6. The lowest BCUT2D eigenvalue weighted by molar-refractivity contribution is 0.0358. The lowest BCUT2D eigenvalue weighted by Crippen LogP contribution is -2.56. The van der Waals surface area contributed by atoms with E-state index in [0.29, 0.717) is 29.5 Å². The van der Waals surface area contributed by atoms with Gasteiger partial charge in [0.1, 0.15) is 5.75 Å². The second-order valence-corrected chi connectivity index (χ2v) is 9.25. The predicted molar refractivity (Wildman–Crippen MR) is 125 cm³/mol. The Morgan fingerprint density at radius 3 is 2.16 bits per heavy atom. The number of hydrazine groups is 1. The SMILES string of the molecule is Cc1cc(C)cc(C(=O)N(NC(=O)c2ccc(CCCB(O)O)c(O)c2C)C(C)(C)C)c1. The van der Waals surface area contributed by atoms with Crippen molar-refractivity contribution in [3.63, 3.8) is 0 Å². The molecule has 172 valence electrons. The highest BCUT2D eigenvalue weighted by atomic mass is 16.4. The summed E-state index contributed by atoms with van der Waals surface area (Å²) in [5.41, 5.74) is 5.72. The van der Waals surface area contributed by atoms with E-state index in [4.69, 9.17) is 10.0 Å². The van der Waals surface area contributed by atoms with Crippen LogP contribution in [0.15, 0.2) is 30.3 Å². The summed E-state index contributed by atoms with van der Waals surface area (Å²) in [4.78, 5) is 26.3. The van der Waals surface area contributed by atoms with Crippen LogP contribution in [0.2, 0.25) is 6.32 Å². The van der Waals surface area contributed by atoms with E-state index >= 15 is 0 Å². The lowest BCUT2D eigenvalue weighted by atomic mass is 9.83. The number of aromatic hydroxyl groups is 1. The van der Waals surface area contributed by atoms with Crippen LogP contribution in [-0.4, -0.2) is 44.6 Å². The van der Waals surface area contributed by atoms with Crippen molar-refractivity contribution in [3.8, 4) is 5.75 Å². The van der Waals surface area contributed by atoms with Crippen LogP contribution >= 0.6 is 0 Å². The fourth-order valence-electron chi connectivity index (χ4n) is 3.59. The number of carbonyl (C=O) groups excluding carboxylic acids is 2. The quantitative estimate of drug-likeness (QED) is 0.407. The normalized spacial score (nSPS) is 11.2. The first-order valence-corrected chi connectivity index (χ1v) is 10.7. The largest absolute Gasteiger partial charge is 0.507 e. The summed E-state index contributed by atoms with van der Waals surface area (Å²) < 4.78 is 0. The third-order valence-electron chi connectivity index (χ3n) is 5.22. The van der Waals surface area contributed by atoms with E-state index in [2.05, 4.69) is 5.43 Å². The molecule has 0 aliphatic carbocycles. The Balaban J connectivity index is 2.28. The summed E-state index contributed by atoms with van der Waals surface area (Å²) >= 11 is 0. The Bertz CT molecular complexity index is 978. The van der Waals surface area contributed by atoms with Gasteiger partial charge >= 0.3 is 7.12 Å². The van der Waals surface area contributed by atoms with Crippen molar-refractivity contribution in [1.29, 1.82) is 0 Å². The van der Waals surface area contributed by atoms with Gasteiger partial charge in [0.25, 0.3) is 11.8 Å². The van der Waals surface area contributed by atoms with Gasteiger partial charge in [0, 0.05) is 16.7 Å². The van der Waals surface area contributed by atoms with E-state index in [1.165, 1.54) is 5.01 Å². The van der Waals surface area contributed by atoms with Crippen molar-refractivity contribution in [1.82, 2.24) is 10.4 Å². The molecule has 0 radical (unpaired) electrons. The number of amides is 2. The van der Waals surface area contributed by atoms with Gasteiger partial charge in [-0.1, -0.05) is 29.7 Å². The minimum Gasteiger partial charge on any atom is -0.507 e. The Morgan fingerprint density at radius 1 is 1.03 bits per heavy atom. The fourth-order valence-corrected chi connectivity index (χ4v) is 3.59. The van der Waals surface area contributed by atoms with Gasteiger partial charge < -0.3 is 15.2 Å². The van der Waals surface area contributed by atoms with Crippen molar-refractivity contribution < 1.29 is 24.7 Å². The number of benzene rings is 2. The molecule has 0 fully saturated rings. The van der Waals surface area contributed by atoms with Gasteiger partial charge in [-0.15, -0.1) is 0 Å². The number of carbonyl (C=O) groups is 2. The number of nitrogens with one attached hydrogen (secondary N) is 1. The molecular weight excluding hydrogens is 407 g/mol. The second kappa shape index (κ2) is 10.2. The summed E-state index contributed by atoms with van der Waals surface area (Å²) in [6.45, 7) is 11.0. The average molecular weight is 440 g/mol. The van der Waals surface area contributed by atoms with E-state index in [1.807, 2.05) is 40.7 Å². The van der Waals surface area contributed by atoms with Crippen LogP contribution in [0, 0.1) is 20.8 Å². The third kappa shape index (κ3) is 6.34. The molecule has 4 N–H and O–H groups in total. The molecule has 0 heterocycles. The van der Waals surface area contributed by atoms with Crippen LogP contribution in [0.1, 0.15) is 70.2 Å². The minimum atomic E-state index is -1.39. The van der Waals surface area contributed by atoms with Crippen molar-refractivity contribution in [2.24, 2.45) is 0 Å². The van der Waals surface area contributed by atoms with E-state index in [0.717, 1.165) is 11.1 Å². The minimum absolute atomic E-state index is 0.00646. The van der Waals surface area contributed by atoms with Crippen molar-refractivity contribution in [2.45, 2.75) is 66.2 Å². The molecule has 0 bridgehead atoms. The number of hydrogen-bond donors (Lipinski definition) is 4. The molecule has 7 nitrogen and oxygen atoms in total. The zero-order chi connectivity index (χ0) is 24.2. The summed E-state index contributed by atoms with van der Waals surface area (Å²) in [7, 11) is -1.39. The molecule has 8 heteroatoms. The maximum Gasteiger partial charge on any atom is 0.451 e. The number of aryl methyl sites for hydroxylation is 3. The fraction of sp³-hybridized carbons (Fsp3) is 0.417. The van der Waals surface area contributed by atoms with Crippen molar-refractivity contribution in [3.05, 3.63) is 63.7 Å². The van der Waals surface area contributed by atoms with Gasteiger partial charge in [0.15, 0.2) is 0 Å². The molecule has 2 amide bonds. The Labute approximate surface area is 190 Å². The highest BCUT2D eigenvalue weighted by molar-refractivity contribution is 6.40. The molecule has 0 saturated heterocycles. The monoisotopic (exact) mass is 440 g/mol. The average Bonchev–Trinajstić information content (AvgIpc) is 2.67. The van der Waals surface area contributed by atoms with Crippen LogP contribution in [0.5, 0.6) is 5.75 Å². The van der Waals surface area contributed by atoms with Crippen LogP contribution in [0.4, 0.5) is 0 Å². The highest BCUT2D eigenvalue weighted by Crippen LogP contribution is 2.27. The molecule has 0 spiro atoms. The molecule has 2 aromatic carbocycles. The molecule has 0 aliphatic heterocycles. The van der Waals surface area contributed by atoms with Crippen molar-refractivity contribution in [2.75, 3.05) is 0 Å². The van der Waals surface area contributed by atoms with Crippen LogP contribution in [-0.2, 0) is 6.42 Å². The Kier molecular flexibility index (Phi) is 8.10. The van der Waals surface area contributed by atoms with Gasteiger partial charge in [0.05, 0.1) is 5.54 Å². The Morgan fingerprint density at radius 2 is 1.62 bits per heavy atom. The van der Waals surface area contributed by atoms with Crippen LogP contribution < -0.4 is 5.43 Å². The first-order valence-electron chi connectivity index (χ1n) is 10.7. The van der Waals surface area contributed by atoms with E-state index < -0.39 is 18.6 Å². The molecule has 0 saturated carbocycles. The smallest absolute Gasteiger partial charge is 0.451 e. The zero-order valence-electron chi connectivity index (χ0n) is 19.7. The second-order valence-electron chi connectivity index (χ2n) is 9.25. The van der Waals surface area contributed by atoms with Crippen LogP contribution in [0.25, 0.3) is 0 Å². The molecule has 32 heavy (non-hydrogen) atoms. The molecule has 2 rings (SSSR count). The number of phenols is 1. The van der Waals surface area contributed by atoms with Gasteiger partial charge in [-0.25, -0.2) is 5.01 Å². The number of hydrogen-bond acceptors (Lipinski definition) is 5. The molecular formula is C24H33BN2O5. The molecule has 0 aliphatic rings. The van der Waals surface area contributed by atoms with Gasteiger partial charge in [-0.2, -0.15) is 0 Å². The van der Waals surface area contributed by atoms with Gasteiger partial charge in [-0.05, 0) is 78.0 Å². The topological polar surface area (TPSA) is 110 Å². The van der Waals surface area contributed by atoms with Gasteiger partial charge in [0.2, 0.25) is 0 Å². The standard InChI is InChI=1S/C24H33BN2O5/c1-15-12-16(2)14-19(13-15)23(30)27(24(4,5)6)26-22(29)20-10-9-18(21(28)17(20)3)8-7-11-25(31)32/h9-10,12-14,28,31-32H,7-8,11H2,1-6H3,(H,26,29). The number of phenolic OH excluding ortho intramolecular Hbond substituents is 1. The summed E-state index contributed by atoms with van der Waals surface area (Å²) in [5.74, 6) is -0.825. The summed E-state index contributed by atoms with van der Waals surface area (Å²) in [5, 5.41) is 29.8. The zero-order valence-corrected chi connectivity index (χ0v) is 19.7. The van der Waals surface area contributed by atoms with E-state index in [1.54, 1.807) is 31.2 Å². The van der Waals surface area contributed by atoms with Crippen LogP contribution in [0.3, 0.4) is 0 Å². The molecule has 0 aromatic heterocycles. The summed E-state index contributed by atoms with van der Waals surface area (Å²) in [6.07, 6.45) is 1.13. The predicted octanol–water partition coefficient (Wildman–Crippen LogP) is 3.31. The van der Waals surface area contributed by atoms with E-state index in [-0.39, 0.29) is 23.5 Å². The Hall–Kier alpha value is -2.84. The maximum atomic E-state index is 13.3. The highest BCUT2D eigenvalue weighted by Gasteiger charge is 2.30. The van der Waals surface area contributed by atoms with Gasteiger partial charge in [-0.3, -0.25) is 15.0 Å². The lowest BCUT2D eigenvalue weighted by Gasteiger charge is -2.35. The van der Waals surface area contributed by atoms with E-state index in [9.17, 15) is 14.7 Å². The first-order chi connectivity index (χ1) is 14.8. The first kappa shape index (κ1) is 25.4. The molecule has 2 aromatic rings. The third-order valence-corrected chi connectivity index (χ3v) is 5.22. The molecule has 0 atom stereocenters. The molecule has 0 unspecified atom stereocenters. The van der Waals surface area contributed by atoms with Crippen molar-refractivity contribution >= 4 is 18.9 Å². The number of nitrogens with zero attached hydrogens (tertiary/aromatic N) is 1. The summed E-state index contributed by atoms with van der Waals surface area (Å²) in [6, 6.07) is 8.81.